The monoisotopic (exact) mass is 442 g/mol. The third-order valence-corrected chi connectivity index (χ3v) is 5.95. The third-order valence-electron chi connectivity index (χ3n) is 4.54. The Balaban J connectivity index is 1.47. The van der Waals surface area contributed by atoms with Gasteiger partial charge >= 0.3 is 19.9 Å². The zero-order valence-electron chi connectivity index (χ0n) is 15.7. The number of para-hydroxylation sites is 2. The van der Waals surface area contributed by atoms with Crippen LogP contribution in [0, 0.1) is 0 Å². The lowest BCUT2D eigenvalue weighted by Crippen LogP contribution is -2.32. The molecule has 2 heterocycles. The molecule has 1 saturated heterocycles. The molecule has 10 heteroatoms. The van der Waals surface area contributed by atoms with Gasteiger partial charge < -0.3 is 12.4 Å². The van der Waals surface area contributed by atoms with Crippen LogP contribution < -0.4 is 7.58 Å². The standard InChI is InChI=1S/C20H18N2O6.Al.ClH/c23-16-7-5-13(6-10-20(27)28-22-18(25)8-9-19(22)26)11-14(16)12-21-15-3-1-2-4-17(15)24;;/h1-5,7,11-12,23-24H,6,8-10H2;;1H/q;+3;/p-3. The summed E-state index contributed by atoms with van der Waals surface area (Å²) in [7, 11) is 6.29. The Labute approximate surface area is 181 Å². The smallest absolute Gasteiger partial charge is 0.599 e. The number of imide groups is 1. The van der Waals surface area contributed by atoms with E-state index >= 15 is 0 Å². The molecule has 4 rings (SSSR count). The Morgan fingerprint density at radius 1 is 1.10 bits per heavy atom. The number of rotatable bonds is 4. The molecule has 152 valence electrons. The molecule has 30 heavy (non-hydrogen) atoms. The van der Waals surface area contributed by atoms with E-state index in [1.165, 1.54) is 0 Å². The van der Waals surface area contributed by atoms with Crippen molar-refractivity contribution in [2.45, 2.75) is 25.7 Å². The third kappa shape index (κ3) is 4.65. The van der Waals surface area contributed by atoms with Crippen molar-refractivity contribution < 1.29 is 26.8 Å². The largest absolute Gasteiger partial charge is 0.999 e. The van der Waals surface area contributed by atoms with Crippen molar-refractivity contribution in [3.8, 4) is 11.5 Å². The van der Waals surface area contributed by atoms with E-state index < -0.39 is 31.7 Å². The Morgan fingerprint density at radius 3 is 2.63 bits per heavy atom. The highest BCUT2D eigenvalue weighted by Crippen LogP contribution is 2.31. The number of hydrogen-bond acceptors (Lipinski definition) is 7. The summed E-state index contributed by atoms with van der Waals surface area (Å²) in [6.45, 7) is 0. The summed E-state index contributed by atoms with van der Waals surface area (Å²) in [5.74, 6) is -0.551. The van der Waals surface area contributed by atoms with E-state index in [1.807, 2.05) is 24.3 Å². The Morgan fingerprint density at radius 2 is 1.83 bits per heavy atom. The van der Waals surface area contributed by atoms with Gasteiger partial charge in [-0.15, -0.1) is 5.06 Å². The van der Waals surface area contributed by atoms with Crippen LogP contribution in [0.2, 0.25) is 0 Å². The fourth-order valence-corrected chi connectivity index (χ4v) is 4.48. The van der Waals surface area contributed by atoms with E-state index in [9.17, 15) is 14.4 Å². The van der Waals surface area contributed by atoms with E-state index in [1.54, 1.807) is 24.4 Å². The number of aryl methyl sites for hydroxylation is 1. The first-order chi connectivity index (χ1) is 14.5. The molecule has 0 aromatic heterocycles. The van der Waals surface area contributed by atoms with Crippen LogP contribution >= 0.6 is 10.0 Å². The topological polar surface area (TPSA) is 94.5 Å². The summed E-state index contributed by atoms with van der Waals surface area (Å²) in [4.78, 5) is 44.5. The fraction of sp³-hybridized carbons (Fsp3) is 0.200. The number of amides is 2. The van der Waals surface area contributed by atoms with Crippen LogP contribution in [0.1, 0.15) is 30.4 Å². The van der Waals surface area contributed by atoms with Crippen LogP contribution in [0.15, 0.2) is 47.5 Å². The molecule has 0 radical (unpaired) electrons. The maximum atomic E-state index is 12.0. The van der Waals surface area contributed by atoms with Crippen LogP contribution in [-0.2, 0) is 25.6 Å². The molecule has 0 N–H and O–H groups in total. The normalized spacial score (nSPS) is 15.4. The molecule has 2 amide bonds. The molecule has 2 aliphatic rings. The van der Waals surface area contributed by atoms with Crippen molar-refractivity contribution in [3.63, 3.8) is 0 Å². The van der Waals surface area contributed by atoms with E-state index in [0.717, 1.165) is 5.56 Å². The molecule has 2 aliphatic heterocycles. The molecule has 1 fully saturated rings. The summed E-state index contributed by atoms with van der Waals surface area (Å²) in [5, 5.41) is 0.551. The van der Waals surface area contributed by atoms with Gasteiger partial charge in [-0.1, -0.05) is 18.2 Å². The molecule has 0 spiro atoms. The van der Waals surface area contributed by atoms with Gasteiger partial charge in [0.1, 0.15) is 11.4 Å². The maximum absolute atomic E-state index is 12.0. The number of nitrogens with zero attached hydrogens (tertiary/aromatic N) is 2. The summed E-state index contributed by atoms with van der Waals surface area (Å²) in [6, 6.07) is 12.7. The van der Waals surface area contributed by atoms with Crippen molar-refractivity contribution >= 4 is 53.6 Å². The maximum Gasteiger partial charge on any atom is 0.999 e. The molecule has 0 aliphatic carbocycles. The molecular formula is C20H16AlClN2O6. The molecule has 2 aromatic rings. The highest BCUT2D eigenvalue weighted by atomic mass is 35.6. The predicted molar refractivity (Wildman–Crippen MR) is 109 cm³/mol. The van der Waals surface area contributed by atoms with Crippen molar-refractivity contribution in [1.29, 1.82) is 0 Å². The van der Waals surface area contributed by atoms with Crippen LogP contribution in [0.4, 0.5) is 5.69 Å². The number of aliphatic imine (C=N–C) groups is 1. The van der Waals surface area contributed by atoms with Crippen molar-refractivity contribution in [2.24, 2.45) is 4.99 Å². The number of hydroxylamine groups is 2. The van der Waals surface area contributed by atoms with Crippen LogP contribution in [0.5, 0.6) is 11.5 Å². The van der Waals surface area contributed by atoms with Crippen LogP contribution in [0.3, 0.4) is 0 Å². The van der Waals surface area contributed by atoms with E-state index in [4.69, 9.17) is 22.5 Å². The van der Waals surface area contributed by atoms with Gasteiger partial charge in [0.05, 0.1) is 12.2 Å². The predicted octanol–water partition coefficient (Wildman–Crippen LogP) is 2.97. The van der Waals surface area contributed by atoms with Gasteiger partial charge in [-0.25, -0.2) is 4.79 Å². The molecule has 0 atom stereocenters. The number of halogens is 1. The summed E-state index contributed by atoms with van der Waals surface area (Å²) < 4.78 is 11.5. The molecule has 0 bridgehead atoms. The van der Waals surface area contributed by atoms with Crippen LogP contribution in [-0.4, -0.2) is 43.0 Å². The average molecular weight is 443 g/mol. The SMILES string of the molecule is O=C(CCc1ccc2c(c1)C=Nc1ccccc1[O][Al]([Cl])[O]2)ON1C(=O)CCC1=O. The minimum Gasteiger partial charge on any atom is -0.599 e. The Hall–Kier alpha value is -2.86. The highest BCUT2D eigenvalue weighted by molar-refractivity contribution is 7.00. The number of hydrogen-bond donors (Lipinski definition) is 0. The molecule has 0 saturated carbocycles. The fourth-order valence-electron chi connectivity index (χ4n) is 3.04. The lowest BCUT2D eigenvalue weighted by Gasteiger charge is -2.14. The zero-order valence-corrected chi connectivity index (χ0v) is 17.7. The van der Waals surface area contributed by atoms with E-state index in [0.29, 0.717) is 34.2 Å². The van der Waals surface area contributed by atoms with Gasteiger partial charge in [0.25, 0.3) is 11.8 Å². The molecule has 8 nitrogen and oxygen atoms in total. The molecular weight excluding hydrogens is 427 g/mol. The second-order valence-corrected chi connectivity index (χ2v) is 8.74. The lowest BCUT2D eigenvalue weighted by atomic mass is 10.1. The first-order valence-electron chi connectivity index (χ1n) is 9.29. The minimum atomic E-state index is -2.50. The second kappa shape index (κ2) is 8.88. The van der Waals surface area contributed by atoms with Crippen molar-refractivity contribution in [3.05, 3.63) is 53.6 Å². The lowest BCUT2D eigenvalue weighted by molar-refractivity contribution is -0.197. The van der Waals surface area contributed by atoms with E-state index in [-0.39, 0.29) is 19.3 Å². The van der Waals surface area contributed by atoms with Gasteiger partial charge in [-0.05, 0) is 36.2 Å². The number of carbonyl (C=O) groups excluding carboxylic acids is 3. The van der Waals surface area contributed by atoms with Crippen LogP contribution in [0.25, 0.3) is 0 Å². The van der Waals surface area contributed by atoms with Crippen molar-refractivity contribution in [1.82, 2.24) is 5.06 Å². The molecule has 0 unspecified atom stereocenters. The zero-order chi connectivity index (χ0) is 21.1. The summed E-state index contributed by atoms with van der Waals surface area (Å²) >= 11 is -2.50. The van der Waals surface area contributed by atoms with E-state index in [2.05, 4.69) is 4.99 Å². The van der Waals surface area contributed by atoms with Gasteiger partial charge in [-0.2, -0.15) is 10.0 Å². The quantitative estimate of drug-likeness (QED) is 0.533. The first-order valence-corrected chi connectivity index (χ1v) is 12.0. The molecule has 2 aromatic carbocycles. The van der Waals surface area contributed by atoms with Gasteiger partial charge in [0.15, 0.2) is 0 Å². The van der Waals surface area contributed by atoms with Gasteiger partial charge in [0.2, 0.25) is 0 Å². The number of benzene rings is 2. The number of carbonyl (C=O) groups is 3. The second-order valence-electron chi connectivity index (χ2n) is 6.65. The van der Waals surface area contributed by atoms with Crippen molar-refractivity contribution in [2.75, 3.05) is 0 Å². The summed E-state index contributed by atoms with van der Waals surface area (Å²) in [5.41, 5.74) is 2.17. The highest BCUT2D eigenvalue weighted by Gasteiger charge is 2.34. The van der Waals surface area contributed by atoms with Gasteiger partial charge in [0, 0.05) is 24.6 Å². The Kier molecular flexibility index (Phi) is 6.04. The minimum absolute atomic E-state index is 0.00662. The summed E-state index contributed by atoms with van der Waals surface area (Å²) in [6.07, 6.45) is 2.14. The number of fused-ring (bicyclic) bond motifs is 2. The average Bonchev–Trinajstić information content (AvgIpc) is 3.07. The Bertz CT molecular complexity index is 1030. The van der Waals surface area contributed by atoms with Gasteiger partial charge in [-0.3, -0.25) is 14.6 Å². The first kappa shape index (κ1) is 20.4.